The number of rotatable bonds is 8. The van der Waals surface area contributed by atoms with Crippen LogP contribution in [0.4, 0.5) is 0 Å². The molecule has 0 amide bonds. The van der Waals surface area contributed by atoms with Crippen molar-refractivity contribution in [3.8, 4) is 0 Å². The molecule has 0 aromatic carbocycles. The maximum Gasteiger partial charge on any atom is 0.279 e. The van der Waals surface area contributed by atoms with Crippen LogP contribution in [0, 0.1) is 0 Å². The van der Waals surface area contributed by atoms with Crippen LogP contribution in [0.1, 0.15) is 45.0 Å². The fourth-order valence-corrected chi connectivity index (χ4v) is 2.76. The monoisotopic (exact) mass is 274 g/mol. The Morgan fingerprint density at radius 3 is 2.72 bits per heavy atom. The van der Waals surface area contributed by atoms with Crippen LogP contribution in [0.2, 0.25) is 0 Å². The lowest BCUT2D eigenvalue weighted by molar-refractivity contribution is 0.435. The number of unbranched alkanes of at least 4 members (excludes halogenated alkanes) is 1. The smallest absolute Gasteiger partial charge is 0.279 e. The van der Waals surface area contributed by atoms with Gasteiger partial charge < -0.3 is 4.98 Å². The van der Waals surface area contributed by atoms with E-state index in [1.165, 1.54) is 4.31 Å². The third kappa shape index (κ3) is 4.08. The molecule has 1 unspecified atom stereocenters. The van der Waals surface area contributed by atoms with Crippen LogP contribution < -0.4 is 4.72 Å². The molecule has 0 saturated heterocycles. The van der Waals surface area contributed by atoms with E-state index in [1.54, 1.807) is 19.4 Å². The Balaban J connectivity index is 2.68. The number of hydrogen-bond donors (Lipinski definition) is 2. The Hall–Kier alpha value is -0.920. The molecule has 1 atom stereocenters. The van der Waals surface area contributed by atoms with E-state index in [-0.39, 0.29) is 6.04 Å². The van der Waals surface area contributed by atoms with Gasteiger partial charge in [-0.25, -0.2) is 4.98 Å². The Morgan fingerprint density at radius 2 is 2.22 bits per heavy atom. The van der Waals surface area contributed by atoms with Crippen molar-refractivity contribution in [2.24, 2.45) is 0 Å². The molecule has 18 heavy (non-hydrogen) atoms. The van der Waals surface area contributed by atoms with Crippen LogP contribution in [0.5, 0.6) is 0 Å². The van der Waals surface area contributed by atoms with Crippen molar-refractivity contribution in [1.82, 2.24) is 19.0 Å². The summed E-state index contributed by atoms with van der Waals surface area (Å²) in [5.41, 5.74) is 0. The van der Waals surface area contributed by atoms with E-state index in [4.69, 9.17) is 0 Å². The van der Waals surface area contributed by atoms with Gasteiger partial charge in [0.05, 0.1) is 6.04 Å². The number of aromatic nitrogens is 2. The molecule has 104 valence electrons. The minimum absolute atomic E-state index is 0.311. The zero-order valence-corrected chi connectivity index (χ0v) is 12.0. The lowest BCUT2D eigenvalue weighted by Crippen LogP contribution is -2.40. The Labute approximate surface area is 109 Å². The molecule has 1 rings (SSSR count). The zero-order chi connectivity index (χ0) is 13.6. The maximum atomic E-state index is 12.1. The molecule has 0 aliphatic rings. The Morgan fingerprint density at radius 1 is 1.50 bits per heavy atom. The Kier molecular flexibility index (Phi) is 5.77. The predicted octanol–water partition coefficient (Wildman–Crippen LogP) is 1.43. The summed E-state index contributed by atoms with van der Waals surface area (Å²) in [5, 5.41) is 0. The van der Waals surface area contributed by atoms with Crippen LogP contribution >= 0.6 is 0 Å². The average molecular weight is 274 g/mol. The highest BCUT2D eigenvalue weighted by atomic mass is 32.2. The summed E-state index contributed by atoms with van der Waals surface area (Å²) in [7, 11) is -1.86. The summed E-state index contributed by atoms with van der Waals surface area (Å²) < 4.78 is 28.2. The van der Waals surface area contributed by atoms with Gasteiger partial charge in [0.1, 0.15) is 5.82 Å². The van der Waals surface area contributed by atoms with Crippen molar-refractivity contribution in [3.63, 3.8) is 0 Å². The molecule has 0 fully saturated rings. The standard InChI is InChI=1S/C11H22N4O2S/c1-4-6-9-15(3)18(16,17)14-10(5-2)11-12-7-8-13-11/h7-8,10,14H,4-6,9H2,1-3H3,(H,12,13). The van der Waals surface area contributed by atoms with Gasteiger partial charge in [-0.05, 0) is 12.8 Å². The highest BCUT2D eigenvalue weighted by Gasteiger charge is 2.23. The van der Waals surface area contributed by atoms with Crippen molar-refractivity contribution in [2.45, 2.75) is 39.2 Å². The van der Waals surface area contributed by atoms with Gasteiger partial charge in [0.15, 0.2) is 0 Å². The fraction of sp³-hybridized carbons (Fsp3) is 0.727. The molecular weight excluding hydrogens is 252 g/mol. The molecule has 1 aromatic heterocycles. The quantitative estimate of drug-likeness (QED) is 0.752. The van der Waals surface area contributed by atoms with E-state index in [9.17, 15) is 8.42 Å². The molecule has 6 nitrogen and oxygen atoms in total. The summed E-state index contributed by atoms with van der Waals surface area (Å²) in [6, 6.07) is -0.311. The van der Waals surface area contributed by atoms with E-state index in [0.717, 1.165) is 12.8 Å². The zero-order valence-electron chi connectivity index (χ0n) is 11.2. The minimum atomic E-state index is -3.45. The van der Waals surface area contributed by atoms with Gasteiger partial charge in [0.2, 0.25) is 0 Å². The first kappa shape index (κ1) is 15.1. The van der Waals surface area contributed by atoms with E-state index < -0.39 is 10.2 Å². The normalized spacial score (nSPS) is 14.0. The molecule has 2 N–H and O–H groups in total. The summed E-state index contributed by atoms with van der Waals surface area (Å²) in [5.74, 6) is 0.643. The van der Waals surface area contributed by atoms with Gasteiger partial charge in [-0.1, -0.05) is 20.3 Å². The number of nitrogens with zero attached hydrogens (tertiary/aromatic N) is 2. The molecule has 0 spiro atoms. The Bertz CT molecular complexity index is 430. The molecule has 0 radical (unpaired) electrons. The van der Waals surface area contributed by atoms with Crippen LogP contribution in [0.15, 0.2) is 12.4 Å². The molecule has 0 aliphatic carbocycles. The second-order valence-corrected chi connectivity index (χ2v) is 6.04. The molecule has 7 heteroatoms. The van der Waals surface area contributed by atoms with Gasteiger partial charge in [-0.2, -0.15) is 17.4 Å². The van der Waals surface area contributed by atoms with Crippen molar-refractivity contribution < 1.29 is 8.42 Å². The predicted molar refractivity (Wildman–Crippen MR) is 71.2 cm³/mol. The number of aromatic amines is 1. The summed E-state index contributed by atoms with van der Waals surface area (Å²) in [6.07, 6.45) is 5.78. The molecule has 1 aromatic rings. The molecule has 0 bridgehead atoms. The second-order valence-electron chi connectivity index (χ2n) is 4.23. The molecule has 0 saturated carbocycles. The van der Waals surface area contributed by atoms with Crippen LogP contribution in [-0.4, -0.2) is 36.3 Å². The van der Waals surface area contributed by atoms with Crippen LogP contribution in [-0.2, 0) is 10.2 Å². The topological polar surface area (TPSA) is 78.1 Å². The molecule has 1 heterocycles. The van der Waals surface area contributed by atoms with E-state index >= 15 is 0 Å². The van der Waals surface area contributed by atoms with Crippen molar-refractivity contribution in [1.29, 1.82) is 0 Å². The summed E-state index contributed by atoms with van der Waals surface area (Å²) >= 11 is 0. The minimum Gasteiger partial charge on any atom is -0.347 e. The molecular formula is C11H22N4O2S. The summed E-state index contributed by atoms with van der Waals surface area (Å²) in [6.45, 7) is 4.48. The van der Waals surface area contributed by atoms with Gasteiger partial charge in [-0.15, -0.1) is 0 Å². The fourth-order valence-electron chi connectivity index (χ4n) is 1.57. The highest BCUT2D eigenvalue weighted by Crippen LogP contribution is 2.14. The average Bonchev–Trinajstić information content (AvgIpc) is 2.86. The highest BCUT2D eigenvalue weighted by molar-refractivity contribution is 7.87. The SMILES string of the molecule is CCCCN(C)S(=O)(=O)NC(CC)c1ncc[nH]1. The van der Waals surface area contributed by atoms with E-state index in [2.05, 4.69) is 14.7 Å². The molecule has 0 aliphatic heterocycles. The maximum absolute atomic E-state index is 12.1. The first-order chi connectivity index (χ1) is 8.51. The number of imidazole rings is 1. The third-order valence-corrected chi connectivity index (χ3v) is 4.37. The third-order valence-electron chi connectivity index (χ3n) is 2.79. The largest absolute Gasteiger partial charge is 0.347 e. The van der Waals surface area contributed by atoms with Gasteiger partial charge >= 0.3 is 0 Å². The van der Waals surface area contributed by atoms with Gasteiger partial charge in [-0.3, -0.25) is 0 Å². The number of nitrogens with one attached hydrogen (secondary N) is 2. The van der Waals surface area contributed by atoms with Crippen molar-refractivity contribution >= 4 is 10.2 Å². The van der Waals surface area contributed by atoms with E-state index in [1.807, 2.05) is 13.8 Å². The van der Waals surface area contributed by atoms with Crippen LogP contribution in [0.3, 0.4) is 0 Å². The van der Waals surface area contributed by atoms with Crippen molar-refractivity contribution in [3.05, 3.63) is 18.2 Å². The first-order valence-corrected chi connectivity index (χ1v) is 7.68. The van der Waals surface area contributed by atoms with Crippen LogP contribution in [0.25, 0.3) is 0 Å². The summed E-state index contributed by atoms with van der Waals surface area (Å²) in [4.78, 5) is 7.03. The number of H-pyrrole nitrogens is 1. The van der Waals surface area contributed by atoms with E-state index in [0.29, 0.717) is 18.8 Å². The second kappa shape index (κ2) is 6.86. The van der Waals surface area contributed by atoms with Gasteiger partial charge in [0, 0.05) is 26.0 Å². The van der Waals surface area contributed by atoms with Crippen molar-refractivity contribution in [2.75, 3.05) is 13.6 Å². The lowest BCUT2D eigenvalue weighted by atomic mass is 10.2. The number of hydrogen-bond acceptors (Lipinski definition) is 3. The van der Waals surface area contributed by atoms with Gasteiger partial charge in [0.25, 0.3) is 10.2 Å². The lowest BCUT2D eigenvalue weighted by Gasteiger charge is -2.21. The first-order valence-electron chi connectivity index (χ1n) is 6.24.